The van der Waals surface area contributed by atoms with E-state index in [1.165, 1.54) is 11.8 Å². The molecule has 0 saturated carbocycles. The van der Waals surface area contributed by atoms with Crippen LogP contribution >= 0.6 is 12.2 Å². The van der Waals surface area contributed by atoms with Crippen molar-refractivity contribution in [2.24, 2.45) is 81.6 Å². The number of nitriles is 1. The highest BCUT2D eigenvalue weighted by molar-refractivity contribution is 7.80. The number of hydrogen-bond donors (Lipinski definition) is 6. The molecule has 0 saturated heterocycles. The lowest BCUT2D eigenvalue weighted by molar-refractivity contribution is -0.141. The summed E-state index contributed by atoms with van der Waals surface area (Å²) in [6.45, 7) is 40.8. The van der Waals surface area contributed by atoms with E-state index in [9.17, 15) is 32.3 Å². The van der Waals surface area contributed by atoms with Crippen LogP contribution in [0.4, 0.5) is 13.2 Å². The highest BCUT2D eigenvalue weighted by Gasteiger charge is 2.33. The molecule has 6 N–H and O–H groups in total. The standard InChI is InChI=1S/C8H11NO.C7H9F3N2.C7H9N3.C7H13NO.3C6H10N2O.C6H10N2S.C6H10N2/c1-6(2)8-5-7(10)3-4-9-8;1-4(2)6-11-3-5(12-6)7(8,9)10;1-5(2)7-9-4-6(3-8)10-7;1-5(2)7-8-6(3)4-9-7;4*1-4(2)6-7-3-5(9)8-6;1-5(2)6-3-4-7-8-6/h3-4,6H,5H2,1-2H3;3-4H,1-2H3,(H,11,12);4-5H,1-2H3,(H,9,10);5-6H,4H2,1-3H3;4*4H,3H2,1-2H3,(H,7,8,9);4-5H,3H2,1-2H3. The number of amides is 3. The largest absolute Gasteiger partial charge is 0.479 e. The van der Waals surface area contributed by atoms with Crippen LogP contribution in [-0.4, -0.2) is 134 Å². The number of imidazole rings is 2. The molecule has 0 spiro atoms. The lowest BCUT2D eigenvalue weighted by Gasteiger charge is -2.09. The van der Waals surface area contributed by atoms with Gasteiger partial charge in [-0.2, -0.15) is 28.6 Å². The number of ether oxygens (including phenoxy) is 1. The molecule has 3 amide bonds. The first-order valence-corrected chi connectivity index (χ1v) is 29.0. The number of H-pyrrole nitrogens is 2. The Morgan fingerprint density at radius 2 is 1.05 bits per heavy atom. The summed E-state index contributed by atoms with van der Waals surface area (Å²) in [6.07, 6.45) is 4.46. The van der Waals surface area contributed by atoms with E-state index in [-0.39, 0.29) is 29.4 Å². The van der Waals surface area contributed by atoms with Gasteiger partial charge in [-0.05, 0) is 24.8 Å². The topological polar surface area (TPSA) is 306 Å². The van der Waals surface area contributed by atoms with E-state index >= 15 is 0 Å². The Kier molecular flexibility index (Phi) is 34.2. The first kappa shape index (κ1) is 75.6. The number of halogens is 3. The molecule has 85 heavy (non-hydrogen) atoms. The summed E-state index contributed by atoms with van der Waals surface area (Å²) in [6, 6.07) is 2.36. The summed E-state index contributed by atoms with van der Waals surface area (Å²) in [4.78, 5) is 80.4. The molecule has 9 rings (SSSR count). The van der Waals surface area contributed by atoms with Gasteiger partial charge in [0, 0.05) is 78.1 Å². The number of rotatable bonds is 9. The molecule has 2 aromatic heterocycles. The lowest BCUT2D eigenvalue weighted by Crippen LogP contribution is -2.27. The third-order valence-corrected chi connectivity index (χ3v) is 11.8. The average molecular weight is 1210 g/mol. The van der Waals surface area contributed by atoms with Crippen LogP contribution in [0.25, 0.3) is 0 Å². The number of allylic oxidation sites excluding steroid dienone is 1. The summed E-state index contributed by atoms with van der Waals surface area (Å²) < 4.78 is 41.3. The quantitative estimate of drug-likeness (QED) is 0.129. The Morgan fingerprint density at radius 3 is 1.26 bits per heavy atom. The highest BCUT2D eigenvalue weighted by atomic mass is 32.1. The van der Waals surface area contributed by atoms with Gasteiger partial charge in [0.2, 0.25) is 17.7 Å². The van der Waals surface area contributed by atoms with Crippen LogP contribution in [0.3, 0.4) is 0 Å². The SMILES string of the molecule is CC(C)C1=NC=CC(=O)C1.CC(C)C1=NCC(=O)N1.CC(C)C1=NCC(=O)N1.CC(C)C1=NCC(=O)N1.CC(C)C1=NCC(=S)N1.CC(C)C1=NN=CC1.CC(C)c1ncc(C#N)[nH]1.CC(C)c1ncc(C(F)(F)F)[nH]1.CC1COC(C(C)C)=N1. The number of alkyl halides is 3. The number of aromatic nitrogens is 4. The molecule has 0 bridgehead atoms. The molecule has 7 aliphatic rings. The van der Waals surface area contributed by atoms with Gasteiger partial charge in [0.05, 0.1) is 25.0 Å². The van der Waals surface area contributed by atoms with Gasteiger partial charge in [0.25, 0.3) is 0 Å². The van der Waals surface area contributed by atoms with Crippen molar-refractivity contribution in [1.29, 1.82) is 5.26 Å². The molecule has 9 heterocycles. The van der Waals surface area contributed by atoms with Crippen LogP contribution in [0.5, 0.6) is 0 Å². The van der Waals surface area contributed by atoms with Crippen molar-refractivity contribution in [3.8, 4) is 6.07 Å². The molecule has 26 heteroatoms. The van der Waals surface area contributed by atoms with Crippen molar-refractivity contribution in [3.05, 3.63) is 47.7 Å². The first-order chi connectivity index (χ1) is 39.6. The van der Waals surface area contributed by atoms with E-state index in [4.69, 9.17) is 22.2 Å². The number of carbonyl (C=O) groups excluding carboxylic acids is 4. The zero-order valence-electron chi connectivity index (χ0n) is 53.1. The maximum atomic E-state index is 12.0. The molecule has 0 aromatic carbocycles. The molecular weight excluding hydrogens is 1120 g/mol. The smallest absolute Gasteiger partial charge is 0.432 e. The second-order valence-electron chi connectivity index (χ2n) is 22.7. The van der Waals surface area contributed by atoms with Gasteiger partial charge in [-0.1, -0.05) is 137 Å². The van der Waals surface area contributed by atoms with Gasteiger partial charge < -0.3 is 36.0 Å². The number of carbonyl (C=O) groups is 4. The van der Waals surface area contributed by atoms with Gasteiger partial charge in [0.1, 0.15) is 83.7 Å². The Bertz CT molecular complexity index is 2660. The number of aromatic amines is 2. The Hall–Kier alpha value is -7.43. The zero-order valence-corrected chi connectivity index (χ0v) is 53.9. The maximum Gasteiger partial charge on any atom is 0.432 e. The minimum atomic E-state index is -4.32. The van der Waals surface area contributed by atoms with Crippen molar-refractivity contribution in [2.45, 2.75) is 168 Å². The van der Waals surface area contributed by atoms with Gasteiger partial charge in [-0.25, -0.2) is 15.0 Å². The number of nitrogens with zero attached hydrogens (tertiary/aromatic N) is 11. The lowest BCUT2D eigenvalue weighted by atomic mass is 10.0. The number of ketones is 1. The Labute approximate surface area is 505 Å². The second kappa shape index (κ2) is 38.5. The monoisotopic (exact) mass is 1210 g/mol. The fourth-order valence-corrected chi connectivity index (χ4v) is 6.76. The van der Waals surface area contributed by atoms with Crippen molar-refractivity contribution >= 4 is 87.6 Å². The summed E-state index contributed by atoms with van der Waals surface area (Å²) in [5, 5.41) is 27.1. The van der Waals surface area contributed by atoms with E-state index in [1.54, 1.807) is 26.2 Å². The third-order valence-electron chi connectivity index (χ3n) is 11.6. The van der Waals surface area contributed by atoms with Crippen molar-refractivity contribution in [3.63, 3.8) is 0 Å². The van der Waals surface area contributed by atoms with Crippen LogP contribution < -0.4 is 21.3 Å². The second-order valence-corrected chi connectivity index (χ2v) is 23.2. The molecule has 0 aliphatic carbocycles. The fraction of sp³-hybridized carbons (Fsp3) is 0.627. The summed E-state index contributed by atoms with van der Waals surface area (Å²) in [5.41, 5.74) is 1.94. The average Bonchev–Trinajstić information content (AvgIpc) is 4.48. The molecule has 0 fully saturated rings. The van der Waals surface area contributed by atoms with Crippen LogP contribution in [0.15, 0.2) is 64.8 Å². The Balaban J connectivity index is 0.000000479. The van der Waals surface area contributed by atoms with Gasteiger partial charge >= 0.3 is 6.18 Å². The molecule has 1 atom stereocenters. The predicted molar refractivity (Wildman–Crippen MR) is 338 cm³/mol. The molecular formula is C59H92F3N17O5S. The van der Waals surface area contributed by atoms with Crippen LogP contribution in [0.1, 0.15) is 179 Å². The molecule has 1 unspecified atom stereocenters. The van der Waals surface area contributed by atoms with E-state index in [1.807, 2.05) is 81.5 Å². The number of hydrogen-bond acceptors (Lipinski definition) is 17. The summed E-state index contributed by atoms with van der Waals surface area (Å²) >= 11 is 4.89. The van der Waals surface area contributed by atoms with E-state index in [0.29, 0.717) is 97.5 Å². The molecule has 22 nitrogen and oxygen atoms in total. The number of thiocarbonyl (C=S) groups is 1. The zero-order chi connectivity index (χ0) is 64.7. The number of amidine groups is 4. The summed E-state index contributed by atoms with van der Waals surface area (Å²) in [7, 11) is 0. The highest BCUT2D eigenvalue weighted by Crippen LogP contribution is 2.28. The molecule has 2 aromatic rings. The van der Waals surface area contributed by atoms with Gasteiger partial charge in [-0.3, -0.25) is 44.1 Å². The first-order valence-electron chi connectivity index (χ1n) is 28.6. The minimum absolute atomic E-state index is 0.0127. The molecule has 0 radical (unpaired) electrons. The summed E-state index contributed by atoms with van der Waals surface area (Å²) in [5.74, 6) is 9.12. The van der Waals surface area contributed by atoms with Crippen LogP contribution in [0.2, 0.25) is 0 Å². The minimum Gasteiger partial charge on any atom is -0.479 e. The van der Waals surface area contributed by atoms with Crippen LogP contribution in [-0.2, 0) is 30.1 Å². The van der Waals surface area contributed by atoms with Gasteiger partial charge in [-0.15, -0.1) is 0 Å². The van der Waals surface area contributed by atoms with E-state index < -0.39 is 11.9 Å². The van der Waals surface area contributed by atoms with Gasteiger partial charge in [0.15, 0.2) is 11.7 Å². The Morgan fingerprint density at radius 1 is 0.600 bits per heavy atom. The van der Waals surface area contributed by atoms with E-state index in [2.05, 4.69) is 130 Å². The van der Waals surface area contributed by atoms with E-state index in [0.717, 1.165) is 65.0 Å². The van der Waals surface area contributed by atoms with Crippen molar-refractivity contribution in [2.75, 3.05) is 32.8 Å². The molecule has 470 valence electrons. The normalized spacial score (nSPS) is 17.1. The number of nitrogens with one attached hydrogen (secondary N) is 6. The predicted octanol–water partition coefficient (Wildman–Crippen LogP) is 9.94. The van der Waals surface area contributed by atoms with Crippen molar-refractivity contribution in [1.82, 2.24) is 41.2 Å². The molecule has 7 aliphatic heterocycles. The van der Waals surface area contributed by atoms with Crippen LogP contribution in [0, 0.1) is 52.8 Å². The maximum absolute atomic E-state index is 12.0. The third kappa shape index (κ3) is 31.3. The number of aliphatic imine (C=N–C) groups is 6. The fourth-order valence-electron chi connectivity index (χ4n) is 6.59. The van der Waals surface area contributed by atoms with Crippen molar-refractivity contribution < 1.29 is 37.1 Å².